The Balaban J connectivity index is 2.12. The summed E-state index contributed by atoms with van der Waals surface area (Å²) in [5, 5.41) is 3.35. The summed E-state index contributed by atoms with van der Waals surface area (Å²) in [6.45, 7) is 3.96. The lowest BCUT2D eigenvalue weighted by Gasteiger charge is -2.15. The molecule has 1 N–H and O–H groups in total. The summed E-state index contributed by atoms with van der Waals surface area (Å²) >= 11 is 0. The molecule has 5 heteroatoms. The van der Waals surface area contributed by atoms with E-state index in [1.165, 1.54) is 7.11 Å². The maximum absolute atomic E-state index is 11.4. The van der Waals surface area contributed by atoms with Crippen molar-refractivity contribution in [3.63, 3.8) is 0 Å². The number of methoxy groups -OCH3 is 2. The molecule has 21 heavy (non-hydrogen) atoms. The SMILES string of the molecule is COC(=O)c1ccc(C(C)Nc2ccc(OC)cc2C)o1. The number of anilines is 1. The van der Waals surface area contributed by atoms with Crippen molar-refractivity contribution in [2.24, 2.45) is 0 Å². The van der Waals surface area contributed by atoms with Crippen molar-refractivity contribution >= 4 is 11.7 Å². The molecule has 0 fully saturated rings. The van der Waals surface area contributed by atoms with Gasteiger partial charge in [0.2, 0.25) is 5.76 Å². The van der Waals surface area contributed by atoms with Gasteiger partial charge in [-0.2, -0.15) is 0 Å². The molecule has 112 valence electrons. The molecule has 2 aromatic rings. The van der Waals surface area contributed by atoms with E-state index in [9.17, 15) is 4.79 Å². The molecule has 1 heterocycles. The van der Waals surface area contributed by atoms with Crippen molar-refractivity contribution in [2.45, 2.75) is 19.9 Å². The minimum Gasteiger partial charge on any atom is -0.497 e. The molecule has 0 spiro atoms. The Kier molecular flexibility index (Phi) is 4.52. The topological polar surface area (TPSA) is 60.7 Å². The van der Waals surface area contributed by atoms with Crippen LogP contribution in [-0.4, -0.2) is 20.2 Å². The largest absolute Gasteiger partial charge is 0.497 e. The Morgan fingerprint density at radius 1 is 1.24 bits per heavy atom. The van der Waals surface area contributed by atoms with Crippen molar-refractivity contribution in [1.29, 1.82) is 0 Å². The van der Waals surface area contributed by atoms with Gasteiger partial charge in [0.25, 0.3) is 0 Å². The molecule has 1 atom stereocenters. The van der Waals surface area contributed by atoms with E-state index in [4.69, 9.17) is 9.15 Å². The second kappa shape index (κ2) is 6.35. The number of carbonyl (C=O) groups is 1. The monoisotopic (exact) mass is 289 g/mol. The van der Waals surface area contributed by atoms with Crippen LogP contribution in [0.25, 0.3) is 0 Å². The normalized spacial score (nSPS) is 11.8. The minimum atomic E-state index is -0.478. The van der Waals surface area contributed by atoms with E-state index in [1.807, 2.05) is 32.0 Å². The number of hydrogen-bond donors (Lipinski definition) is 1. The zero-order valence-electron chi connectivity index (χ0n) is 12.6. The second-order valence-electron chi connectivity index (χ2n) is 4.74. The van der Waals surface area contributed by atoms with Crippen molar-refractivity contribution < 1.29 is 18.7 Å². The summed E-state index contributed by atoms with van der Waals surface area (Å²) in [6.07, 6.45) is 0. The van der Waals surface area contributed by atoms with E-state index in [-0.39, 0.29) is 11.8 Å². The summed E-state index contributed by atoms with van der Waals surface area (Å²) in [5.74, 6) is 1.21. The van der Waals surface area contributed by atoms with Crippen molar-refractivity contribution in [2.75, 3.05) is 19.5 Å². The van der Waals surface area contributed by atoms with Crippen LogP contribution >= 0.6 is 0 Å². The maximum atomic E-state index is 11.4. The number of aryl methyl sites for hydroxylation is 1. The highest BCUT2D eigenvalue weighted by Gasteiger charge is 2.15. The third kappa shape index (κ3) is 3.37. The average molecular weight is 289 g/mol. The van der Waals surface area contributed by atoms with E-state index >= 15 is 0 Å². The highest BCUT2D eigenvalue weighted by atomic mass is 16.5. The standard InChI is InChI=1S/C16H19NO4/c1-10-9-12(19-3)5-6-13(10)17-11(2)14-7-8-15(21-14)16(18)20-4/h5-9,11,17H,1-4H3. The van der Waals surface area contributed by atoms with E-state index in [0.717, 1.165) is 17.0 Å². The lowest BCUT2D eigenvalue weighted by molar-refractivity contribution is 0.0562. The molecule has 0 saturated carbocycles. The molecule has 0 aliphatic heterocycles. The van der Waals surface area contributed by atoms with Gasteiger partial charge in [-0.25, -0.2) is 4.79 Å². The lowest BCUT2D eigenvalue weighted by Crippen LogP contribution is -2.07. The number of rotatable bonds is 5. The smallest absolute Gasteiger partial charge is 0.373 e. The third-order valence-electron chi connectivity index (χ3n) is 3.25. The van der Waals surface area contributed by atoms with Crippen LogP contribution < -0.4 is 10.1 Å². The molecule has 5 nitrogen and oxygen atoms in total. The molecule has 1 aromatic heterocycles. The first kappa shape index (κ1) is 15.0. The quantitative estimate of drug-likeness (QED) is 0.853. The number of furan rings is 1. The summed E-state index contributed by atoms with van der Waals surface area (Å²) < 4.78 is 15.3. The van der Waals surface area contributed by atoms with Crippen LogP contribution in [0.2, 0.25) is 0 Å². The fraction of sp³-hybridized carbons (Fsp3) is 0.312. The summed E-state index contributed by atoms with van der Waals surface area (Å²) in [5.41, 5.74) is 2.06. The number of carbonyl (C=O) groups excluding carboxylic acids is 1. The van der Waals surface area contributed by atoms with Crippen molar-refractivity contribution in [1.82, 2.24) is 0 Å². The molecule has 0 aliphatic carbocycles. The van der Waals surface area contributed by atoms with Crippen LogP contribution in [0.1, 0.15) is 34.8 Å². The Labute approximate surface area is 123 Å². The molecule has 0 radical (unpaired) electrons. The number of hydrogen-bond acceptors (Lipinski definition) is 5. The zero-order chi connectivity index (χ0) is 15.4. The highest BCUT2D eigenvalue weighted by Crippen LogP contribution is 2.26. The Morgan fingerprint density at radius 2 is 2.00 bits per heavy atom. The second-order valence-corrected chi connectivity index (χ2v) is 4.74. The minimum absolute atomic E-state index is 0.0736. The summed E-state index contributed by atoms with van der Waals surface area (Å²) in [6, 6.07) is 9.11. The molecule has 0 aliphatic rings. The molecular weight excluding hydrogens is 270 g/mol. The van der Waals surface area contributed by atoms with Gasteiger partial charge in [-0.05, 0) is 49.7 Å². The Bertz CT molecular complexity index is 633. The van der Waals surface area contributed by atoms with Gasteiger partial charge in [-0.15, -0.1) is 0 Å². The van der Waals surface area contributed by atoms with Gasteiger partial charge in [0, 0.05) is 5.69 Å². The van der Waals surface area contributed by atoms with E-state index in [1.54, 1.807) is 19.2 Å². The van der Waals surface area contributed by atoms with Crippen LogP contribution in [0.3, 0.4) is 0 Å². The van der Waals surface area contributed by atoms with E-state index in [0.29, 0.717) is 5.76 Å². The number of benzene rings is 1. The fourth-order valence-electron chi connectivity index (χ4n) is 2.03. The number of nitrogens with one attached hydrogen (secondary N) is 1. The first-order valence-electron chi connectivity index (χ1n) is 6.64. The van der Waals surface area contributed by atoms with Crippen LogP contribution in [0.5, 0.6) is 5.75 Å². The summed E-state index contributed by atoms with van der Waals surface area (Å²) in [7, 11) is 2.97. The fourth-order valence-corrected chi connectivity index (χ4v) is 2.03. The lowest BCUT2D eigenvalue weighted by atomic mass is 10.1. The van der Waals surface area contributed by atoms with Gasteiger partial charge in [0.15, 0.2) is 0 Å². The predicted molar refractivity (Wildman–Crippen MR) is 79.8 cm³/mol. The Hall–Kier alpha value is -2.43. The van der Waals surface area contributed by atoms with Crippen LogP contribution in [0, 0.1) is 6.92 Å². The first-order chi connectivity index (χ1) is 10.0. The molecule has 1 aromatic carbocycles. The van der Waals surface area contributed by atoms with E-state index in [2.05, 4.69) is 10.1 Å². The van der Waals surface area contributed by atoms with E-state index < -0.39 is 5.97 Å². The molecule has 0 saturated heterocycles. The zero-order valence-corrected chi connectivity index (χ0v) is 12.6. The first-order valence-corrected chi connectivity index (χ1v) is 6.64. The molecular formula is C16H19NO4. The molecule has 0 bridgehead atoms. The van der Waals surface area contributed by atoms with Crippen molar-refractivity contribution in [3.8, 4) is 5.75 Å². The highest BCUT2D eigenvalue weighted by molar-refractivity contribution is 5.86. The van der Waals surface area contributed by atoms with Crippen LogP contribution in [0.15, 0.2) is 34.7 Å². The van der Waals surface area contributed by atoms with Gasteiger partial charge >= 0.3 is 5.97 Å². The maximum Gasteiger partial charge on any atom is 0.373 e. The van der Waals surface area contributed by atoms with Gasteiger partial charge < -0.3 is 19.2 Å². The molecule has 0 amide bonds. The third-order valence-corrected chi connectivity index (χ3v) is 3.25. The van der Waals surface area contributed by atoms with Gasteiger partial charge in [-0.1, -0.05) is 0 Å². The Morgan fingerprint density at radius 3 is 2.62 bits per heavy atom. The van der Waals surface area contributed by atoms with Crippen LogP contribution in [0.4, 0.5) is 5.69 Å². The van der Waals surface area contributed by atoms with Crippen molar-refractivity contribution in [3.05, 3.63) is 47.4 Å². The number of esters is 1. The molecule has 1 unspecified atom stereocenters. The van der Waals surface area contributed by atoms with Gasteiger partial charge in [-0.3, -0.25) is 0 Å². The number of ether oxygens (including phenoxy) is 2. The predicted octanol–water partition coefficient (Wildman–Crippen LogP) is 3.56. The van der Waals surface area contributed by atoms with Gasteiger partial charge in [0.1, 0.15) is 11.5 Å². The van der Waals surface area contributed by atoms with Gasteiger partial charge in [0.05, 0.1) is 20.3 Å². The van der Waals surface area contributed by atoms with Crippen LogP contribution in [-0.2, 0) is 4.74 Å². The molecule has 2 rings (SSSR count). The average Bonchev–Trinajstić information content (AvgIpc) is 2.98. The summed E-state index contributed by atoms with van der Waals surface area (Å²) in [4.78, 5) is 11.4.